The topological polar surface area (TPSA) is 44.8 Å². The highest BCUT2D eigenvalue weighted by molar-refractivity contribution is 6.13. The summed E-state index contributed by atoms with van der Waals surface area (Å²) in [6.07, 6.45) is 2.76. The molecule has 0 radical (unpaired) electrons. The summed E-state index contributed by atoms with van der Waals surface area (Å²) in [5.41, 5.74) is 2.43. The van der Waals surface area contributed by atoms with Gasteiger partial charge in [0.05, 0.1) is 14.2 Å². The summed E-state index contributed by atoms with van der Waals surface area (Å²) >= 11 is 0. The monoisotopic (exact) mass is 360 g/mol. The second-order valence-electron chi connectivity index (χ2n) is 5.78. The maximum absolute atomic E-state index is 12.8. The number of carbonyl (C=O) groups is 1. The molecule has 0 N–H and O–H groups in total. The van der Waals surface area contributed by atoms with Crippen molar-refractivity contribution in [2.24, 2.45) is 0 Å². The maximum atomic E-state index is 12.8. The van der Waals surface area contributed by atoms with Crippen LogP contribution in [0.15, 0.2) is 42.0 Å². The molecular formula is C20H18F2O4. The van der Waals surface area contributed by atoms with Gasteiger partial charge in [-0.1, -0.05) is 12.1 Å². The number of benzene rings is 2. The van der Waals surface area contributed by atoms with Gasteiger partial charge in [0.15, 0.2) is 17.3 Å². The summed E-state index contributed by atoms with van der Waals surface area (Å²) in [4.78, 5) is 12.8. The van der Waals surface area contributed by atoms with Gasteiger partial charge in [-0.25, -0.2) is 0 Å². The Morgan fingerprint density at radius 2 is 1.88 bits per heavy atom. The van der Waals surface area contributed by atoms with Gasteiger partial charge < -0.3 is 14.2 Å². The van der Waals surface area contributed by atoms with Crippen LogP contribution in [0.2, 0.25) is 0 Å². The second-order valence-corrected chi connectivity index (χ2v) is 5.78. The van der Waals surface area contributed by atoms with Gasteiger partial charge in [-0.15, -0.1) is 0 Å². The highest BCUT2D eigenvalue weighted by atomic mass is 19.3. The molecule has 26 heavy (non-hydrogen) atoms. The number of alkyl halides is 2. The van der Waals surface area contributed by atoms with Gasteiger partial charge >= 0.3 is 6.61 Å². The molecule has 0 atom stereocenters. The summed E-state index contributed by atoms with van der Waals surface area (Å²) in [5, 5.41) is 0. The molecule has 2 aromatic rings. The minimum atomic E-state index is -2.99. The van der Waals surface area contributed by atoms with Gasteiger partial charge in [0.1, 0.15) is 5.75 Å². The van der Waals surface area contributed by atoms with Crippen molar-refractivity contribution in [3.63, 3.8) is 0 Å². The molecule has 136 valence electrons. The molecular weight excluding hydrogens is 342 g/mol. The molecule has 0 saturated heterocycles. The molecule has 0 heterocycles. The van der Waals surface area contributed by atoms with Gasteiger partial charge in [0, 0.05) is 16.7 Å². The minimum Gasteiger partial charge on any atom is -0.497 e. The van der Waals surface area contributed by atoms with E-state index in [1.165, 1.54) is 13.2 Å². The molecule has 1 aliphatic carbocycles. The van der Waals surface area contributed by atoms with E-state index in [0.29, 0.717) is 35.3 Å². The molecule has 0 aliphatic heterocycles. The smallest absolute Gasteiger partial charge is 0.387 e. The van der Waals surface area contributed by atoms with E-state index in [1.807, 2.05) is 6.07 Å². The number of Topliss-reactive ketones (excluding diaryl/α,β-unsaturated/α-hetero) is 1. The predicted molar refractivity (Wildman–Crippen MR) is 93.2 cm³/mol. The Bertz CT molecular complexity index is 859. The third kappa shape index (κ3) is 3.54. The van der Waals surface area contributed by atoms with Crippen molar-refractivity contribution >= 4 is 11.9 Å². The van der Waals surface area contributed by atoms with Crippen LogP contribution < -0.4 is 14.2 Å². The summed E-state index contributed by atoms with van der Waals surface area (Å²) < 4.78 is 40.4. The largest absolute Gasteiger partial charge is 0.497 e. The number of hydrogen-bond donors (Lipinski definition) is 0. The predicted octanol–water partition coefficient (Wildman–Crippen LogP) is 4.52. The number of methoxy groups -OCH3 is 2. The molecule has 0 fully saturated rings. The van der Waals surface area contributed by atoms with E-state index in [1.54, 1.807) is 37.5 Å². The number of carbonyl (C=O) groups excluding carboxylic acids is 1. The van der Waals surface area contributed by atoms with E-state index < -0.39 is 6.61 Å². The molecule has 0 unspecified atom stereocenters. The van der Waals surface area contributed by atoms with Crippen LogP contribution in [0.5, 0.6) is 17.2 Å². The van der Waals surface area contributed by atoms with Gasteiger partial charge in [0.2, 0.25) is 0 Å². The average Bonchev–Trinajstić information content (AvgIpc) is 2.64. The minimum absolute atomic E-state index is 0.0779. The van der Waals surface area contributed by atoms with Crippen molar-refractivity contribution in [1.29, 1.82) is 0 Å². The number of aryl methyl sites for hydroxylation is 1. The van der Waals surface area contributed by atoms with Gasteiger partial charge in [-0.05, 0) is 48.7 Å². The lowest BCUT2D eigenvalue weighted by molar-refractivity contribution is -0.0513. The van der Waals surface area contributed by atoms with Crippen LogP contribution >= 0.6 is 0 Å². The van der Waals surface area contributed by atoms with Crippen molar-refractivity contribution in [2.75, 3.05) is 14.2 Å². The summed E-state index contributed by atoms with van der Waals surface area (Å²) in [5.74, 6) is 0.683. The number of para-hydroxylation sites is 1. The zero-order valence-electron chi connectivity index (χ0n) is 14.4. The fourth-order valence-electron chi connectivity index (χ4n) is 3.03. The fraction of sp³-hybridized carbons (Fsp3) is 0.250. The number of halogens is 2. The first kappa shape index (κ1) is 17.9. The quantitative estimate of drug-likeness (QED) is 0.736. The Balaban J connectivity index is 1.99. The van der Waals surface area contributed by atoms with Crippen LogP contribution in [0.4, 0.5) is 8.78 Å². The summed E-state index contributed by atoms with van der Waals surface area (Å²) in [6, 6.07) is 10.1. The van der Waals surface area contributed by atoms with Crippen LogP contribution in [-0.4, -0.2) is 26.6 Å². The van der Waals surface area contributed by atoms with E-state index in [4.69, 9.17) is 9.47 Å². The van der Waals surface area contributed by atoms with Crippen molar-refractivity contribution in [3.05, 3.63) is 58.7 Å². The molecule has 3 rings (SSSR count). The van der Waals surface area contributed by atoms with Crippen molar-refractivity contribution < 1.29 is 27.8 Å². The third-order valence-corrected chi connectivity index (χ3v) is 4.28. The fourth-order valence-corrected chi connectivity index (χ4v) is 3.03. The lowest BCUT2D eigenvalue weighted by Gasteiger charge is -2.19. The number of ether oxygens (including phenoxy) is 3. The molecule has 0 spiro atoms. The Kier molecular flexibility index (Phi) is 5.21. The van der Waals surface area contributed by atoms with E-state index in [0.717, 1.165) is 5.56 Å². The van der Waals surface area contributed by atoms with E-state index in [9.17, 15) is 13.6 Å². The van der Waals surface area contributed by atoms with Crippen LogP contribution in [-0.2, 0) is 6.42 Å². The highest BCUT2D eigenvalue weighted by Crippen LogP contribution is 2.36. The summed E-state index contributed by atoms with van der Waals surface area (Å²) in [6.45, 7) is -2.99. The zero-order valence-corrected chi connectivity index (χ0v) is 14.4. The first-order valence-corrected chi connectivity index (χ1v) is 8.07. The first-order valence-electron chi connectivity index (χ1n) is 8.07. The molecule has 2 aromatic carbocycles. The Morgan fingerprint density at radius 1 is 1.08 bits per heavy atom. The van der Waals surface area contributed by atoms with Crippen LogP contribution in [0.25, 0.3) is 6.08 Å². The molecule has 0 aromatic heterocycles. The van der Waals surface area contributed by atoms with Gasteiger partial charge in [-0.2, -0.15) is 8.78 Å². The molecule has 0 saturated carbocycles. The third-order valence-electron chi connectivity index (χ3n) is 4.28. The highest BCUT2D eigenvalue weighted by Gasteiger charge is 2.23. The normalized spacial score (nSPS) is 15.1. The summed E-state index contributed by atoms with van der Waals surface area (Å²) in [7, 11) is 2.95. The second kappa shape index (κ2) is 7.56. The van der Waals surface area contributed by atoms with E-state index in [2.05, 4.69) is 4.74 Å². The first-order chi connectivity index (χ1) is 12.5. The lowest BCUT2D eigenvalue weighted by Crippen LogP contribution is -2.14. The van der Waals surface area contributed by atoms with Crippen LogP contribution in [0, 0.1) is 0 Å². The van der Waals surface area contributed by atoms with Crippen LogP contribution in [0.3, 0.4) is 0 Å². The molecule has 6 heteroatoms. The number of allylic oxidation sites excluding steroid dienone is 1. The van der Waals surface area contributed by atoms with E-state index >= 15 is 0 Å². The molecule has 4 nitrogen and oxygen atoms in total. The Labute approximate surface area is 150 Å². The van der Waals surface area contributed by atoms with Crippen molar-refractivity contribution in [2.45, 2.75) is 19.5 Å². The SMILES string of the molecule is COc1ccc2c(c1)CC/C(=C/c1cccc(OC)c1OC(F)F)C2=O. The number of rotatable bonds is 5. The molecule has 1 aliphatic rings. The molecule has 0 amide bonds. The average molecular weight is 360 g/mol. The number of fused-ring (bicyclic) bond motifs is 1. The van der Waals surface area contributed by atoms with Gasteiger partial charge in [0.25, 0.3) is 0 Å². The Hall–Kier alpha value is -2.89. The van der Waals surface area contributed by atoms with Crippen LogP contribution in [0.1, 0.15) is 27.9 Å². The van der Waals surface area contributed by atoms with Gasteiger partial charge in [-0.3, -0.25) is 4.79 Å². The standard InChI is InChI=1S/C20H18F2O4/c1-24-15-8-9-16-12(11-15)6-7-13(18(16)23)10-14-4-3-5-17(25-2)19(14)26-20(21)22/h3-5,8-11,20H,6-7H2,1-2H3/b13-10-. The Morgan fingerprint density at radius 3 is 2.58 bits per heavy atom. The van der Waals surface area contributed by atoms with Crippen molar-refractivity contribution in [3.8, 4) is 17.2 Å². The number of ketones is 1. The maximum Gasteiger partial charge on any atom is 0.387 e. The van der Waals surface area contributed by atoms with E-state index in [-0.39, 0.29) is 17.3 Å². The zero-order chi connectivity index (χ0) is 18.7. The lowest BCUT2D eigenvalue weighted by atomic mass is 9.86. The van der Waals surface area contributed by atoms with Crippen molar-refractivity contribution in [1.82, 2.24) is 0 Å². The number of hydrogen-bond acceptors (Lipinski definition) is 4. The molecule has 0 bridgehead atoms.